The standard InChI is InChI=1S/C18H23F3N2O/c19-18(20,21)15-6-2-1-4-13(15)14-5-3-7-16(14)23-17(24)12-8-10-22-11-9-12/h1-2,4,6,12,14,16,22H,3,5,7-11H2,(H,23,24)/t14-,16+/m1/s1. The molecule has 1 saturated heterocycles. The normalized spacial score (nSPS) is 25.6. The number of rotatable bonds is 3. The molecule has 132 valence electrons. The molecule has 6 heteroatoms. The van der Waals surface area contributed by atoms with Crippen molar-refractivity contribution in [2.24, 2.45) is 5.92 Å². The second-order valence-electron chi connectivity index (χ2n) is 6.76. The lowest BCUT2D eigenvalue weighted by Crippen LogP contribution is -2.43. The van der Waals surface area contributed by atoms with Crippen molar-refractivity contribution in [3.63, 3.8) is 0 Å². The van der Waals surface area contributed by atoms with Crippen molar-refractivity contribution >= 4 is 5.91 Å². The largest absolute Gasteiger partial charge is 0.416 e. The average molecular weight is 340 g/mol. The van der Waals surface area contributed by atoms with Crippen molar-refractivity contribution in [2.45, 2.75) is 50.2 Å². The third kappa shape index (κ3) is 3.74. The van der Waals surface area contributed by atoms with Gasteiger partial charge in [0.1, 0.15) is 0 Å². The lowest BCUT2D eigenvalue weighted by Gasteiger charge is -2.28. The molecule has 0 spiro atoms. The summed E-state index contributed by atoms with van der Waals surface area (Å²) >= 11 is 0. The lowest BCUT2D eigenvalue weighted by molar-refractivity contribution is -0.138. The van der Waals surface area contributed by atoms with Crippen LogP contribution in [0.1, 0.15) is 49.1 Å². The summed E-state index contributed by atoms with van der Waals surface area (Å²) in [5.74, 6) is -0.281. The number of piperidine rings is 1. The van der Waals surface area contributed by atoms with E-state index in [9.17, 15) is 18.0 Å². The molecular formula is C18H23F3N2O. The molecule has 1 saturated carbocycles. The van der Waals surface area contributed by atoms with Crippen molar-refractivity contribution in [1.29, 1.82) is 0 Å². The molecule has 3 nitrogen and oxygen atoms in total. The molecule has 0 radical (unpaired) electrons. The molecule has 1 aromatic rings. The Morgan fingerprint density at radius 3 is 2.50 bits per heavy atom. The molecule has 2 N–H and O–H groups in total. The van der Waals surface area contributed by atoms with Gasteiger partial charge in [-0.15, -0.1) is 0 Å². The molecule has 1 aliphatic carbocycles. The number of hydrogen-bond acceptors (Lipinski definition) is 2. The molecule has 2 fully saturated rings. The molecule has 24 heavy (non-hydrogen) atoms. The Bertz CT molecular complexity index is 582. The van der Waals surface area contributed by atoms with E-state index in [1.54, 1.807) is 12.1 Å². The van der Waals surface area contributed by atoms with Crippen LogP contribution in [0.25, 0.3) is 0 Å². The topological polar surface area (TPSA) is 41.1 Å². The number of carbonyl (C=O) groups excluding carboxylic acids is 1. The maximum Gasteiger partial charge on any atom is 0.416 e. The smallest absolute Gasteiger partial charge is 0.353 e. The second-order valence-corrected chi connectivity index (χ2v) is 6.76. The van der Waals surface area contributed by atoms with E-state index in [2.05, 4.69) is 10.6 Å². The van der Waals surface area contributed by atoms with Gasteiger partial charge in [0, 0.05) is 17.9 Å². The van der Waals surface area contributed by atoms with Crippen molar-refractivity contribution < 1.29 is 18.0 Å². The zero-order chi connectivity index (χ0) is 17.2. The van der Waals surface area contributed by atoms with E-state index in [4.69, 9.17) is 0 Å². The number of nitrogens with one attached hydrogen (secondary N) is 2. The van der Waals surface area contributed by atoms with Crippen molar-refractivity contribution in [3.8, 4) is 0 Å². The van der Waals surface area contributed by atoms with Crippen LogP contribution in [0.3, 0.4) is 0 Å². The summed E-state index contributed by atoms with van der Waals surface area (Å²) in [5, 5.41) is 6.26. The number of halogens is 3. The highest BCUT2D eigenvalue weighted by atomic mass is 19.4. The third-order valence-corrected chi connectivity index (χ3v) is 5.22. The molecule has 0 aromatic heterocycles. The van der Waals surface area contributed by atoms with Gasteiger partial charge < -0.3 is 10.6 Å². The van der Waals surface area contributed by atoms with Gasteiger partial charge in [-0.2, -0.15) is 13.2 Å². The first-order valence-electron chi connectivity index (χ1n) is 8.64. The number of hydrogen-bond donors (Lipinski definition) is 2. The van der Waals surface area contributed by atoms with Crippen molar-refractivity contribution in [1.82, 2.24) is 10.6 Å². The van der Waals surface area contributed by atoms with E-state index in [1.807, 2.05) is 0 Å². The summed E-state index contributed by atoms with van der Waals surface area (Å²) < 4.78 is 39.9. The van der Waals surface area contributed by atoms with Crippen molar-refractivity contribution in [3.05, 3.63) is 35.4 Å². The Kier molecular flexibility index (Phi) is 5.13. The van der Waals surface area contributed by atoms with Crippen molar-refractivity contribution in [2.75, 3.05) is 13.1 Å². The Morgan fingerprint density at radius 2 is 1.79 bits per heavy atom. The lowest BCUT2D eigenvalue weighted by atomic mass is 9.89. The van der Waals surface area contributed by atoms with Gasteiger partial charge in [0.25, 0.3) is 0 Å². The quantitative estimate of drug-likeness (QED) is 0.885. The van der Waals surface area contributed by atoms with Crippen LogP contribution in [0.5, 0.6) is 0 Å². The monoisotopic (exact) mass is 340 g/mol. The van der Waals surface area contributed by atoms with Crippen LogP contribution in [-0.2, 0) is 11.0 Å². The number of alkyl halides is 3. The van der Waals surface area contributed by atoms with Gasteiger partial charge in [0.05, 0.1) is 5.56 Å². The van der Waals surface area contributed by atoms with Gasteiger partial charge in [0.15, 0.2) is 0 Å². The van der Waals surface area contributed by atoms with Crippen LogP contribution < -0.4 is 10.6 Å². The van der Waals surface area contributed by atoms with E-state index < -0.39 is 11.7 Å². The van der Waals surface area contributed by atoms with Gasteiger partial charge >= 0.3 is 6.18 Å². The van der Waals surface area contributed by atoms with Crippen LogP contribution in [0.15, 0.2) is 24.3 Å². The SMILES string of the molecule is O=C(N[C@H]1CCC[C@@H]1c1ccccc1C(F)(F)F)C1CCNCC1. The second kappa shape index (κ2) is 7.13. The zero-order valence-corrected chi connectivity index (χ0v) is 13.5. The molecule has 1 aliphatic heterocycles. The molecule has 0 bridgehead atoms. The highest BCUT2D eigenvalue weighted by Crippen LogP contribution is 2.41. The molecule has 2 aliphatic rings. The summed E-state index contributed by atoms with van der Waals surface area (Å²) in [4.78, 5) is 12.5. The van der Waals surface area contributed by atoms with Gasteiger partial charge in [-0.1, -0.05) is 24.6 Å². The molecule has 3 rings (SSSR count). The van der Waals surface area contributed by atoms with E-state index in [-0.39, 0.29) is 23.8 Å². The molecule has 0 unspecified atom stereocenters. The van der Waals surface area contributed by atoms with Crippen LogP contribution >= 0.6 is 0 Å². The summed E-state index contributed by atoms with van der Waals surface area (Å²) in [6, 6.07) is 5.57. The average Bonchev–Trinajstić information content (AvgIpc) is 3.03. The number of amides is 1. The first-order valence-corrected chi connectivity index (χ1v) is 8.64. The van der Waals surface area contributed by atoms with E-state index in [1.165, 1.54) is 6.07 Å². The maximum absolute atomic E-state index is 13.3. The van der Waals surface area contributed by atoms with Crippen LogP contribution in [0.2, 0.25) is 0 Å². The molecule has 2 atom stereocenters. The van der Waals surface area contributed by atoms with Gasteiger partial charge in [-0.25, -0.2) is 0 Å². The minimum atomic E-state index is -4.36. The fourth-order valence-corrected chi connectivity index (χ4v) is 3.97. The predicted octanol–water partition coefficient (Wildman–Crippen LogP) is 3.46. The van der Waals surface area contributed by atoms with E-state index in [0.29, 0.717) is 12.0 Å². The van der Waals surface area contributed by atoms with E-state index in [0.717, 1.165) is 44.8 Å². The Morgan fingerprint density at radius 1 is 1.08 bits per heavy atom. The van der Waals surface area contributed by atoms with Gasteiger partial charge in [-0.05, 0) is 50.4 Å². The Balaban J connectivity index is 1.75. The first-order chi connectivity index (χ1) is 11.5. The summed E-state index contributed by atoms with van der Waals surface area (Å²) in [5.41, 5.74) is -0.254. The summed E-state index contributed by atoms with van der Waals surface area (Å²) in [6.07, 6.45) is -0.501. The van der Waals surface area contributed by atoms with Crippen LogP contribution in [-0.4, -0.2) is 25.0 Å². The Labute approximate surface area is 140 Å². The minimum Gasteiger partial charge on any atom is -0.353 e. The third-order valence-electron chi connectivity index (χ3n) is 5.22. The van der Waals surface area contributed by atoms with Gasteiger partial charge in [-0.3, -0.25) is 4.79 Å². The highest BCUT2D eigenvalue weighted by Gasteiger charge is 2.39. The first kappa shape index (κ1) is 17.3. The zero-order valence-electron chi connectivity index (χ0n) is 13.5. The molecule has 1 heterocycles. The van der Waals surface area contributed by atoms with Crippen LogP contribution in [0.4, 0.5) is 13.2 Å². The minimum absolute atomic E-state index is 0.00195. The molecule has 1 aromatic carbocycles. The fourth-order valence-electron chi connectivity index (χ4n) is 3.97. The number of carbonyl (C=O) groups is 1. The molecule has 1 amide bonds. The molecular weight excluding hydrogens is 317 g/mol. The Hall–Kier alpha value is -1.56. The number of benzene rings is 1. The summed E-state index contributed by atoms with van der Waals surface area (Å²) in [6.45, 7) is 1.65. The summed E-state index contributed by atoms with van der Waals surface area (Å²) in [7, 11) is 0. The predicted molar refractivity (Wildman–Crippen MR) is 85.6 cm³/mol. The highest BCUT2D eigenvalue weighted by molar-refractivity contribution is 5.79. The van der Waals surface area contributed by atoms with E-state index >= 15 is 0 Å². The van der Waals surface area contributed by atoms with Crippen LogP contribution in [0, 0.1) is 5.92 Å². The van der Waals surface area contributed by atoms with Gasteiger partial charge in [0.2, 0.25) is 5.91 Å². The maximum atomic E-state index is 13.3. The fraction of sp³-hybridized carbons (Fsp3) is 0.611.